The Balaban J connectivity index is 1.69. The third kappa shape index (κ3) is 3.37. The molecule has 0 bridgehead atoms. The van der Waals surface area contributed by atoms with Crippen molar-refractivity contribution in [2.24, 2.45) is 5.73 Å². The molecule has 0 saturated heterocycles. The van der Waals surface area contributed by atoms with E-state index < -0.39 is 6.04 Å². The Morgan fingerprint density at radius 3 is 2.64 bits per heavy atom. The molecule has 0 aromatic heterocycles. The van der Waals surface area contributed by atoms with Crippen LogP contribution in [0.25, 0.3) is 0 Å². The highest BCUT2D eigenvalue weighted by molar-refractivity contribution is 5.95. The molecule has 2 aromatic rings. The van der Waals surface area contributed by atoms with Crippen LogP contribution in [-0.4, -0.2) is 11.9 Å². The average molecular weight is 294 g/mol. The van der Waals surface area contributed by atoms with E-state index in [0.29, 0.717) is 6.42 Å². The van der Waals surface area contributed by atoms with Crippen molar-refractivity contribution in [3.63, 3.8) is 0 Å². The van der Waals surface area contributed by atoms with Crippen LogP contribution >= 0.6 is 0 Å². The molecule has 0 heterocycles. The fourth-order valence-corrected chi connectivity index (χ4v) is 3.08. The van der Waals surface area contributed by atoms with E-state index >= 15 is 0 Å². The molecule has 3 heteroatoms. The highest BCUT2D eigenvalue weighted by atomic mass is 16.2. The van der Waals surface area contributed by atoms with E-state index in [1.165, 1.54) is 24.0 Å². The second-order valence-corrected chi connectivity index (χ2v) is 5.94. The first-order valence-corrected chi connectivity index (χ1v) is 7.95. The number of rotatable bonds is 4. The van der Waals surface area contributed by atoms with Crippen LogP contribution in [0.3, 0.4) is 0 Å². The fraction of sp³-hybridized carbons (Fsp3) is 0.316. The molecule has 1 atom stereocenters. The van der Waals surface area contributed by atoms with Gasteiger partial charge in [0, 0.05) is 5.69 Å². The van der Waals surface area contributed by atoms with Crippen LogP contribution in [-0.2, 0) is 24.1 Å². The van der Waals surface area contributed by atoms with E-state index in [1.807, 2.05) is 42.5 Å². The standard InChI is InChI=1S/C19H22N2O/c20-17(13-14-7-2-1-3-8-14)19(22)21-18-12-6-10-15-9-4-5-11-16(15)18/h1-3,6-8,10,12,17H,4-5,9,11,13,20H2,(H,21,22). The average Bonchev–Trinajstić information content (AvgIpc) is 2.56. The Kier molecular flexibility index (Phi) is 4.54. The Morgan fingerprint density at radius 1 is 1.05 bits per heavy atom. The maximum atomic E-state index is 12.4. The molecular weight excluding hydrogens is 272 g/mol. The Hall–Kier alpha value is -2.13. The third-order valence-electron chi connectivity index (χ3n) is 4.29. The van der Waals surface area contributed by atoms with Gasteiger partial charge in [0.15, 0.2) is 0 Å². The summed E-state index contributed by atoms with van der Waals surface area (Å²) in [6.45, 7) is 0. The van der Waals surface area contributed by atoms with Crippen LogP contribution in [0.1, 0.15) is 29.5 Å². The maximum Gasteiger partial charge on any atom is 0.241 e. The molecule has 2 aromatic carbocycles. The first kappa shape index (κ1) is 14.8. The number of fused-ring (bicyclic) bond motifs is 1. The normalized spacial score (nSPS) is 15.0. The van der Waals surface area contributed by atoms with Crippen LogP contribution < -0.4 is 11.1 Å². The van der Waals surface area contributed by atoms with Crippen molar-refractivity contribution in [3.05, 3.63) is 65.2 Å². The van der Waals surface area contributed by atoms with Gasteiger partial charge in [-0.3, -0.25) is 4.79 Å². The number of amides is 1. The van der Waals surface area contributed by atoms with Gasteiger partial charge in [0.1, 0.15) is 0 Å². The summed E-state index contributed by atoms with van der Waals surface area (Å²) in [5.41, 5.74) is 10.7. The van der Waals surface area contributed by atoms with E-state index in [0.717, 1.165) is 24.1 Å². The molecule has 3 nitrogen and oxygen atoms in total. The summed E-state index contributed by atoms with van der Waals surface area (Å²) < 4.78 is 0. The first-order valence-electron chi connectivity index (χ1n) is 7.95. The summed E-state index contributed by atoms with van der Waals surface area (Å²) in [7, 11) is 0. The predicted octanol–water partition coefficient (Wildman–Crippen LogP) is 3.07. The monoisotopic (exact) mass is 294 g/mol. The van der Waals surface area contributed by atoms with Crippen molar-refractivity contribution in [2.45, 2.75) is 38.1 Å². The van der Waals surface area contributed by atoms with Gasteiger partial charge in [0.05, 0.1) is 6.04 Å². The molecule has 1 amide bonds. The van der Waals surface area contributed by atoms with Gasteiger partial charge in [-0.1, -0.05) is 42.5 Å². The zero-order chi connectivity index (χ0) is 15.4. The van der Waals surface area contributed by atoms with Gasteiger partial charge in [-0.25, -0.2) is 0 Å². The Bertz CT molecular complexity index is 652. The van der Waals surface area contributed by atoms with Gasteiger partial charge >= 0.3 is 0 Å². The van der Waals surface area contributed by atoms with Gasteiger partial charge < -0.3 is 11.1 Å². The number of aryl methyl sites for hydroxylation is 1. The van der Waals surface area contributed by atoms with Gasteiger partial charge in [0.25, 0.3) is 0 Å². The molecule has 22 heavy (non-hydrogen) atoms. The summed E-state index contributed by atoms with van der Waals surface area (Å²) in [6, 6.07) is 15.5. The Morgan fingerprint density at radius 2 is 1.82 bits per heavy atom. The maximum absolute atomic E-state index is 12.4. The van der Waals surface area contributed by atoms with Gasteiger partial charge in [-0.15, -0.1) is 0 Å². The minimum Gasteiger partial charge on any atom is -0.324 e. The summed E-state index contributed by atoms with van der Waals surface area (Å²) >= 11 is 0. The minimum absolute atomic E-state index is 0.108. The lowest BCUT2D eigenvalue weighted by molar-refractivity contribution is -0.117. The SMILES string of the molecule is NC(Cc1ccccc1)C(=O)Nc1cccc2c1CCCC2. The second-order valence-electron chi connectivity index (χ2n) is 5.94. The number of benzene rings is 2. The van der Waals surface area contributed by atoms with E-state index in [1.54, 1.807) is 0 Å². The minimum atomic E-state index is -0.526. The molecule has 1 aliphatic rings. The lowest BCUT2D eigenvalue weighted by atomic mass is 9.90. The van der Waals surface area contributed by atoms with E-state index in [9.17, 15) is 4.79 Å². The van der Waals surface area contributed by atoms with Crippen molar-refractivity contribution >= 4 is 11.6 Å². The van der Waals surface area contributed by atoms with E-state index in [4.69, 9.17) is 5.73 Å². The van der Waals surface area contributed by atoms with Crippen LogP contribution in [0.15, 0.2) is 48.5 Å². The molecule has 0 fully saturated rings. The fourth-order valence-electron chi connectivity index (χ4n) is 3.08. The molecule has 0 saturated carbocycles. The molecular formula is C19H22N2O. The smallest absolute Gasteiger partial charge is 0.241 e. The summed E-state index contributed by atoms with van der Waals surface area (Å²) in [5, 5.41) is 3.03. The quantitative estimate of drug-likeness (QED) is 0.910. The number of anilines is 1. The molecule has 3 N–H and O–H groups in total. The zero-order valence-electron chi connectivity index (χ0n) is 12.7. The number of hydrogen-bond donors (Lipinski definition) is 2. The van der Waals surface area contributed by atoms with Crippen LogP contribution in [0.5, 0.6) is 0 Å². The van der Waals surface area contributed by atoms with Gasteiger partial charge in [-0.05, 0) is 54.9 Å². The van der Waals surface area contributed by atoms with Crippen molar-refractivity contribution in [2.75, 3.05) is 5.32 Å². The van der Waals surface area contributed by atoms with E-state index in [2.05, 4.69) is 11.4 Å². The molecule has 1 unspecified atom stereocenters. The Labute approximate surface area is 131 Å². The summed E-state index contributed by atoms with van der Waals surface area (Å²) in [5.74, 6) is -0.108. The van der Waals surface area contributed by atoms with Gasteiger partial charge in [-0.2, -0.15) is 0 Å². The third-order valence-corrected chi connectivity index (χ3v) is 4.29. The number of carbonyl (C=O) groups excluding carboxylic acids is 1. The summed E-state index contributed by atoms with van der Waals surface area (Å²) in [4.78, 5) is 12.4. The lowest BCUT2D eigenvalue weighted by Crippen LogP contribution is -2.37. The molecule has 114 valence electrons. The molecule has 3 rings (SSSR count). The largest absolute Gasteiger partial charge is 0.324 e. The van der Waals surface area contributed by atoms with Crippen LogP contribution in [0, 0.1) is 0 Å². The number of nitrogens with one attached hydrogen (secondary N) is 1. The van der Waals surface area contributed by atoms with Crippen molar-refractivity contribution in [1.82, 2.24) is 0 Å². The number of hydrogen-bond acceptors (Lipinski definition) is 2. The predicted molar refractivity (Wildman–Crippen MR) is 89.8 cm³/mol. The topological polar surface area (TPSA) is 55.1 Å². The highest BCUT2D eigenvalue weighted by Crippen LogP contribution is 2.27. The van der Waals surface area contributed by atoms with Crippen molar-refractivity contribution in [3.8, 4) is 0 Å². The molecule has 0 aliphatic heterocycles. The molecule has 0 radical (unpaired) electrons. The van der Waals surface area contributed by atoms with Crippen LogP contribution in [0.2, 0.25) is 0 Å². The highest BCUT2D eigenvalue weighted by Gasteiger charge is 2.18. The molecule has 0 spiro atoms. The molecule has 1 aliphatic carbocycles. The second kappa shape index (κ2) is 6.75. The zero-order valence-corrected chi connectivity index (χ0v) is 12.7. The van der Waals surface area contributed by atoms with Crippen molar-refractivity contribution in [1.29, 1.82) is 0 Å². The number of carbonyl (C=O) groups is 1. The summed E-state index contributed by atoms with van der Waals surface area (Å²) in [6.07, 6.45) is 5.13. The first-order chi connectivity index (χ1) is 10.7. The van der Waals surface area contributed by atoms with Gasteiger partial charge in [0.2, 0.25) is 5.91 Å². The van der Waals surface area contributed by atoms with Crippen molar-refractivity contribution < 1.29 is 4.79 Å². The lowest BCUT2D eigenvalue weighted by Gasteiger charge is -2.20. The van der Waals surface area contributed by atoms with E-state index in [-0.39, 0.29) is 5.91 Å². The van der Waals surface area contributed by atoms with Crippen LogP contribution in [0.4, 0.5) is 5.69 Å². The number of nitrogens with two attached hydrogens (primary N) is 1.